The molecular formula is C15H23F2NO2. The zero-order valence-electron chi connectivity index (χ0n) is 12.3. The summed E-state index contributed by atoms with van der Waals surface area (Å²) in [4.78, 5) is 0. The summed E-state index contributed by atoms with van der Waals surface area (Å²) in [6, 6.07) is 5.35. The van der Waals surface area contributed by atoms with Gasteiger partial charge < -0.3 is 14.8 Å². The molecular weight excluding hydrogens is 264 g/mol. The van der Waals surface area contributed by atoms with Crippen LogP contribution in [0.2, 0.25) is 0 Å². The predicted molar refractivity (Wildman–Crippen MR) is 76.9 cm³/mol. The number of alkyl halides is 2. The fourth-order valence-electron chi connectivity index (χ4n) is 2.18. The molecule has 0 atom stereocenters. The highest BCUT2D eigenvalue weighted by atomic mass is 19.3. The number of hydrogen-bond donors (Lipinski definition) is 1. The van der Waals surface area contributed by atoms with Gasteiger partial charge in [0.25, 0.3) is 0 Å². The van der Waals surface area contributed by atoms with E-state index < -0.39 is 6.61 Å². The van der Waals surface area contributed by atoms with Crippen LogP contribution in [0.4, 0.5) is 14.5 Å². The van der Waals surface area contributed by atoms with Crippen LogP contribution in [0, 0.1) is 0 Å². The predicted octanol–water partition coefficient (Wildman–Crippen LogP) is 4.68. The van der Waals surface area contributed by atoms with Gasteiger partial charge in [0, 0.05) is 17.8 Å². The van der Waals surface area contributed by atoms with Crippen LogP contribution in [-0.4, -0.2) is 19.8 Å². The molecule has 0 saturated heterocycles. The number of benzene rings is 1. The number of rotatable bonds is 9. The first-order chi connectivity index (χ1) is 9.60. The highest BCUT2D eigenvalue weighted by Gasteiger charge is 2.13. The number of ether oxygens (including phenoxy) is 2. The maximum absolute atomic E-state index is 12.4. The highest BCUT2D eigenvalue weighted by molar-refractivity contribution is 5.55. The normalized spacial score (nSPS) is 10.9. The van der Waals surface area contributed by atoms with Gasteiger partial charge in [-0.05, 0) is 25.0 Å². The number of halogens is 2. The Morgan fingerprint density at radius 1 is 1.10 bits per heavy atom. The van der Waals surface area contributed by atoms with Gasteiger partial charge in [-0.2, -0.15) is 8.78 Å². The molecule has 3 nitrogen and oxygen atoms in total. The first-order valence-corrected chi connectivity index (χ1v) is 7.00. The maximum atomic E-state index is 12.4. The average Bonchev–Trinajstić information content (AvgIpc) is 2.39. The molecule has 20 heavy (non-hydrogen) atoms. The quantitative estimate of drug-likeness (QED) is 0.715. The van der Waals surface area contributed by atoms with E-state index >= 15 is 0 Å². The lowest BCUT2D eigenvalue weighted by atomic mass is 10.1. The van der Waals surface area contributed by atoms with E-state index in [1.807, 2.05) is 6.07 Å². The molecule has 1 rings (SSSR count). The Labute approximate surface area is 119 Å². The molecule has 0 bridgehead atoms. The van der Waals surface area contributed by atoms with Gasteiger partial charge in [0.2, 0.25) is 0 Å². The van der Waals surface area contributed by atoms with Crippen LogP contribution in [-0.2, 0) is 0 Å². The van der Waals surface area contributed by atoms with Gasteiger partial charge in [0.1, 0.15) is 0 Å². The van der Waals surface area contributed by atoms with Gasteiger partial charge in [-0.3, -0.25) is 0 Å². The molecule has 0 aliphatic rings. The number of nitrogens with one attached hydrogen (secondary N) is 1. The molecule has 5 heteroatoms. The Hall–Kier alpha value is -1.52. The van der Waals surface area contributed by atoms with Crippen LogP contribution < -0.4 is 14.8 Å². The van der Waals surface area contributed by atoms with E-state index in [0.717, 1.165) is 31.4 Å². The minimum absolute atomic E-state index is 0.0549. The Morgan fingerprint density at radius 2 is 1.75 bits per heavy atom. The molecule has 0 unspecified atom stereocenters. The van der Waals surface area contributed by atoms with Gasteiger partial charge in [-0.1, -0.05) is 26.7 Å². The van der Waals surface area contributed by atoms with Crippen LogP contribution in [0.3, 0.4) is 0 Å². The van der Waals surface area contributed by atoms with Crippen molar-refractivity contribution in [2.45, 2.75) is 52.2 Å². The molecule has 0 saturated carbocycles. The molecule has 0 aliphatic carbocycles. The second-order valence-electron chi connectivity index (χ2n) is 4.66. The third-order valence-corrected chi connectivity index (χ3v) is 3.02. The summed E-state index contributed by atoms with van der Waals surface area (Å²) in [7, 11) is 1.43. The number of hydrogen-bond acceptors (Lipinski definition) is 3. The zero-order valence-corrected chi connectivity index (χ0v) is 12.3. The van der Waals surface area contributed by atoms with Crippen LogP contribution in [0.5, 0.6) is 11.5 Å². The van der Waals surface area contributed by atoms with Gasteiger partial charge in [0.15, 0.2) is 11.5 Å². The summed E-state index contributed by atoms with van der Waals surface area (Å²) in [5, 5.41) is 3.37. The standard InChI is InChI=1S/C15H23F2NO2/c1-4-6-11(7-5-2)18-12-8-9-13(19-3)14(10-12)20-15(16)17/h8-11,15,18H,4-7H2,1-3H3. The van der Waals surface area contributed by atoms with Crippen molar-refractivity contribution in [1.29, 1.82) is 0 Å². The lowest BCUT2D eigenvalue weighted by Gasteiger charge is -2.20. The SMILES string of the molecule is CCCC(CCC)Nc1ccc(OC)c(OC(F)F)c1. The molecule has 1 aromatic rings. The summed E-state index contributed by atoms with van der Waals surface area (Å²) in [5.74, 6) is 0.359. The van der Waals surface area contributed by atoms with Gasteiger partial charge in [-0.15, -0.1) is 0 Å². The maximum Gasteiger partial charge on any atom is 0.387 e. The fraction of sp³-hybridized carbons (Fsp3) is 0.600. The number of methoxy groups -OCH3 is 1. The van der Waals surface area contributed by atoms with E-state index in [2.05, 4.69) is 23.9 Å². The monoisotopic (exact) mass is 287 g/mol. The van der Waals surface area contributed by atoms with E-state index in [-0.39, 0.29) is 5.75 Å². The fourth-order valence-corrected chi connectivity index (χ4v) is 2.18. The van der Waals surface area contributed by atoms with Crippen LogP contribution in [0.1, 0.15) is 39.5 Å². The second-order valence-corrected chi connectivity index (χ2v) is 4.66. The Kier molecular flexibility index (Phi) is 7.12. The molecule has 0 fully saturated rings. The van der Waals surface area contributed by atoms with Crippen molar-refractivity contribution in [2.24, 2.45) is 0 Å². The Bertz CT molecular complexity index is 393. The van der Waals surface area contributed by atoms with Crippen molar-refractivity contribution in [1.82, 2.24) is 0 Å². The summed E-state index contributed by atoms with van der Waals surface area (Å²) in [6.07, 6.45) is 4.25. The van der Waals surface area contributed by atoms with E-state index in [9.17, 15) is 8.78 Å². The zero-order chi connectivity index (χ0) is 15.0. The molecule has 0 radical (unpaired) electrons. The van der Waals surface area contributed by atoms with Gasteiger partial charge >= 0.3 is 6.61 Å². The first-order valence-electron chi connectivity index (χ1n) is 7.00. The molecule has 0 heterocycles. The van der Waals surface area contributed by atoms with E-state index in [4.69, 9.17) is 4.74 Å². The van der Waals surface area contributed by atoms with Crippen molar-refractivity contribution in [3.63, 3.8) is 0 Å². The summed E-state index contributed by atoms with van der Waals surface area (Å²) < 4.78 is 34.2. The Morgan fingerprint density at radius 3 is 2.25 bits per heavy atom. The Balaban J connectivity index is 2.83. The minimum Gasteiger partial charge on any atom is -0.493 e. The largest absolute Gasteiger partial charge is 0.493 e. The van der Waals surface area contributed by atoms with E-state index in [1.165, 1.54) is 7.11 Å². The second kappa shape index (κ2) is 8.61. The summed E-state index contributed by atoms with van der Waals surface area (Å²) in [6.45, 7) is 1.40. The molecule has 1 aromatic carbocycles. The molecule has 0 aromatic heterocycles. The minimum atomic E-state index is -2.86. The first kappa shape index (κ1) is 16.5. The lowest BCUT2D eigenvalue weighted by Crippen LogP contribution is -2.19. The summed E-state index contributed by atoms with van der Waals surface area (Å²) >= 11 is 0. The van der Waals surface area contributed by atoms with Gasteiger partial charge in [0.05, 0.1) is 7.11 Å². The van der Waals surface area contributed by atoms with Crippen molar-refractivity contribution in [3.05, 3.63) is 18.2 Å². The molecule has 1 N–H and O–H groups in total. The van der Waals surface area contributed by atoms with Crippen LogP contribution >= 0.6 is 0 Å². The molecule has 0 amide bonds. The van der Waals surface area contributed by atoms with Gasteiger partial charge in [-0.25, -0.2) is 0 Å². The third kappa shape index (κ3) is 5.23. The molecule has 0 spiro atoms. The summed E-state index contributed by atoms with van der Waals surface area (Å²) in [5.41, 5.74) is 0.772. The smallest absolute Gasteiger partial charge is 0.387 e. The van der Waals surface area contributed by atoms with Crippen molar-refractivity contribution in [3.8, 4) is 11.5 Å². The molecule has 0 aliphatic heterocycles. The van der Waals surface area contributed by atoms with Crippen molar-refractivity contribution in [2.75, 3.05) is 12.4 Å². The lowest BCUT2D eigenvalue weighted by molar-refractivity contribution is -0.0511. The highest BCUT2D eigenvalue weighted by Crippen LogP contribution is 2.32. The van der Waals surface area contributed by atoms with Crippen LogP contribution in [0.25, 0.3) is 0 Å². The van der Waals surface area contributed by atoms with Crippen molar-refractivity contribution >= 4 is 5.69 Å². The topological polar surface area (TPSA) is 30.5 Å². The number of anilines is 1. The van der Waals surface area contributed by atoms with E-state index in [1.54, 1.807) is 12.1 Å². The van der Waals surface area contributed by atoms with Crippen molar-refractivity contribution < 1.29 is 18.3 Å². The van der Waals surface area contributed by atoms with E-state index in [0.29, 0.717) is 11.8 Å². The average molecular weight is 287 g/mol. The molecule has 114 valence electrons. The third-order valence-electron chi connectivity index (χ3n) is 3.02. The van der Waals surface area contributed by atoms with Crippen LogP contribution in [0.15, 0.2) is 18.2 Å².